The molecule has 2 amide bonds. The van der Waals surface area contributed by atoms with E-state index in [9.17, 15) is 9.59 Å². The molecule has 0 aliphatic carbocycles. The standard InChI is InChI=1S/C11H18N2O4/c1-2-8-16-10(14)12-5-3-4-6-13-7-9-17-11(13)15/h2H,1,3-9H2,(H,12,14). The van der Waals surface area contributed by atoms with Gasteiger partial charge in [-0.1, -0.05) is 12.7 Å². The van der Waals surface area contributed by atoms with Crippen LogP contribution in [0.4, 0.5) is 9.59 Å². The van der Waals surface area contributed by atoms with Gasteiger partial charge in [-0.25, -0.2) is 9.59 Å². The summed E-state index contributed by atoms with van der Waals surface area (Å²) in [4.78, 5) is 23.7. The summed E-state index contributed by atoms with van der Waals surface area (Å²) in [7, 11) is 0. The molecule has 0 unspecified atom stereocenters. The van der Waals surface area contributed by atoms with Crippen LogP contribution in [0, 0.1) is 0 Å². The number of nitrogens with one attached hydrogen (secondary N) is 1. The van der Waals surface area contributed by atoms with Crippen molar-refractivity contribution in [3.63, 3.8) is 0 Å². The van der Waals surface area contributed by atoms with Gasteiger partial charge < -0.3 is 19.7 Å². The number of carbonyl (C=O) groups excluding carboxylic acids is 2. The van der Waals surface area contributed by atoms with Crippen LogP contribution < -0.4 is 5.32 Å². The lowest BCUT2D eigenvalue weighted by Crippen LogP contribution is -2.28. The van der Waals surface area contributed by atoms with Crippen molar-refractivity contribution < 1.29 is 19.1 Å². The van der Waals surface area contributed by atoms with E-state index in [2.05, 4.69) is 11.9 Å². The quantitative estimate of drug-likeness (QED) is 0.537. The zero-order valence-electron chi connectivity index (χ0n) is 9.81. The van der Waals surface area contributed by atoms with Gasteiger partial charge in [0.15, 0.2) is 0 Å². The fraction of sp³-hybridized carbons (Fsp3) is 0.636. The summed E-state index contributed by atoms with van der Waals surface area (Å²) in [5.74, 6) is 0. The van der Waals surface area contributed by atoms with E-state index in [1.54, 1.807) is 4.90 Å². The summed E-state index contributed by atoms with van der Waals surface area (Å²) >= 11 is 0. The second kappa shape index (κ2) is 7.54. The molecule has 0 radical (unpaired) electrons. The van der Waals surface area contributed by atoms with Crippen molar-refractivity contribution in [2.75, 3.05) is 32.8 Å². The number of unbranched alkanes of at least 4 members (excludes halogenated alkanes) is 1. The molecule has 17 heavy (non-hydrogen) atoms. The Morgan fingerprint density at radius 2 is 2.41 bits per heavy atom. The normalized spacial score (nSPS) is 14.4. The summed E-state index contributed by atoms with van der Waals surface area (Å²) < 4.78 is 9.53. The number of ether oxygens (including phenoxy) is 2. The van der Waals surface area contributed by atoms with Gasteiger partial charge in [-0.05, 0) is 12.8 Å². The molecule has 96 valence electrons. The van der Waals surface area contributed by atoms with Gasteiger partial charge in [0.2, 0.25) is 0 Å². The van der Waals surface area contributed by atoms with Gasteiger partial charge in [-0.15, -0.1) is 0 Å². The molecule has 1 fully saturated rings. The van der Waals surface area contributed by atoms with E-state index >= 15 is 0 Å². The van der Waals surface area contributed by atoms with Crippen LogP contribution in [0.3, 0.4) is 0 Å². The van der Waals surface area contributed by atoms with E-state index in [-0.39, 0.29) is 12.7 Å². The maximum atomic E-state index is 11.1. The molecule has 1 aliphatic rings. The topological polar surface area (TPSA) is 67.9 Å². The first-order chi connectivity index (χ1) is 8.24. The van der Waals surface area contributed by atoms with E-state index in [0.29, 0.717) is 26.2 Å². The van der Waals surface area contributed by atoms with E-state index in [1.807, 2.05) is 0 Å². The molecule has 1 N–H and O–H groups in total. The van der Waals surface area contributed by atoms with Gasteiger partial charge >= 0.3 is 12.2 Å². The molecule has 0 aromatic heterocycles. The molecule has 1 rings (SSSR count). The lowest BCUT2D eigenvalue weighted by Gasteiger charge is -2.11. The minimum atomic E-state index is -0.439. The SMILES string of the molecule is C=CCOC(=O)NCCCCN1CCOC1=O. The van der Waals surface area contributed by atoms with Gasteiger partial charge in [0.25, 0.3) is 0 Å². The zero-order chi connectivity index (χ0) is 12.5. The van der Waals surface area contributed by atoms with Crippen LogP contribution in [-0.2, 0) is 9.47 Å². The van der Waals surface area contributed by atoms with Crippen LogP contribution in [0.1, 0.15) is 12.8 Å². The predicted octanol–water partition coefficient (Wildman–Crippen LogP) is 1.13. The van der Waals surface area contributed by atoms with Crippen molar-refractivity contribution in [3.8, 4) is 0 Å². The summed E-state index contributed by atoms with van der Waals surface area (Å²) in [6.45, 7) is 6.00. The highest BCUT2D eigenvalue weighted by Gasteiger charge is 2.20. The molecule has 1 saturated heterocycles. The Bertz CT molecular complexity index is 281. The maximum Gasteiger partial charge on any atom is 0.409 e. The Hall–Kier alpha value is -1.72. The van der Waals surface area contributed by atoms with Crippen molar-refractivity contribution in [1.29, 1.82) is 0 Å². The number of alkyl carbamates (subject to hydrolysis) is 1. The average Bonchev–Trinajstić information content (AvgIpc) is 2.72. The fourth-order valence-electron chi connectivity index (χ4n) is 1.43. The minimum absolute atomic E-state index is 0.214. The second-order valence-corrected chi connectivity index (χ2v) is 3.62. The van der Waals surface area contributed by atoms with Crippen LogP contribution in [0.2, 0.25) is 0 Å². The third-order valence-electron chi connectivity index (χ3n) is 2.30. The predicted molar refractivity (Wildman–Crippen MR) is 61.7 cm³/mol. The van der Waals surface area contributed by atoms with Crippen LogP contribution in [0.25, 0.3) is 0 Å². The average molecular weight is 242 g/mol. The fourth-order valence-corrected chi connectivity index (χ4v) is 1.43. The molecule has 0 aromatic rings. The van der Waals surface area contributed by atoms with Crippen LogP contribution in [-0.4, -0.2) is 49.9 Å². The van der Waals surface area contributed by atoms with Gasteiger partial charge in [-0.3, -0.25) is 0 Å². The van der Waals surface area contributed by atoms with Crippen LogP contribution in [0.5, 0.6) is 0 Å². The Morgan fingerprint density at radius 1 is 1.59 bits per heavy atom. The Labute approximate surface area is 101 Å². The van der Waals surface area contributed by atoms with E-state index in [1.165, 1.54) is 6.08 Å². The van der Waals surface area contributed by atoms with Crippen LogP contribution >= 0.6 is 0 Å². The third-order valence-corrected chi connectivity index (χ3v) is 2.30. The van der Waals surface area contributed by atoms with Gasteiger partial charge in [-0.2, -0.15) is 0 Å². The van der Waals surface area contributed by atoms with E-state index < -0.39 is 6.09 Å². The van der Waals surface area contributed by atoms with Crippen molar-refractivity contribution >= 4 is 12.2 Å². The van der Waals surface area contributed by atoms with Crippen molar-refractivity contribution in [2.45, 2.75) is 12.8 Å². The maximum absolute atomic E-state index is 11.1. The molecule has 1 heterocycles. The molecule has 0 spiro atoms. The first-order valence-electron chi connectivity index (χ1n) is 5.67. The monoisotopic (exact) mass is 242 g/mol. The highest BCUT2D eigenvalue weighted by Crippen LogP contribution is 2.04. The Morgan fingerprint density at radius 3 is 3.06 bits per heavy atom. The molecule has 0 saturated carbocycles. The second-order valence-electron chi connectivity index (χ2n) is 3.62. The highest BCUT2D eigenvalue weighted by atomic mass is 16.6. The van der Waals surface area contributed by atoms with Gasteiger partial charge in [0.1, 0.15) is 13.2 Å². The summed E-state index contributed by atoms with van der Waals surface area (Å²) in [6.07, 6.45) is 2.45. The Balaban J connectivity index is 1.95. The molecular weight excluding hydrogens is 224 g/mol. The Kier molecular flexibility index (Phi) is 5.92. The highest BCUT2D eigenvalue weighted by molar-refractivity contribution is 5.69. The summed E-state index contributed by atoms with van der Waals surface area (Å²) in [6, 6.07) is 0. The van der Waals surface area contributed by atoms with E-state index in [0.717, 1.165) is 12.8 Å². The number of hydrogen-bond donors (Lipinski definition) is 1. The van der Waals surface area contributed by atoms with Crippen LogP contribution in [0.15, 0.2) is 12.7 Å². The lowest BCUT2D eigenvalue weighted by atomic mass is 10.3. The first kappa shape index (κ1) is 13.3. The number of carbonyl (C=O) groups is 2. The molecule has 1 aliphatic heterocycles. The third kappa shape index (κ3) is 5.24. The largest absolute Gasteiger partial charge is 0.448 e. The number of nitrogens with zero attached hydrogens (tertiary/aromatic N) is 1. The molecule has 6 nitrogen and oxygen atoms in total. The molecule has 0 atom stereocenters. The smallest absolute Gasteiger partial charge is 0.409 e. The lowest BCUT2D eigenvalue weighted by molar-refractivity contribution is 0.155. The summed E-state index contributed by atoms with van der Waals surface area (Å²) in [5.41, 5.74) is 0. The number of cyclic esters (lactones) is 1. The van der Waals surface area contributed by atoms with Crippen molar-refractivity contribution in [3.05, 3.63) is 12.7 Å². The number of amides is 2. The van der Waals surface area contributed by atoms with Gasteiger partial charge in [0, 0.05) is 13.1 Å². The molecule has 0 aromatic carbocycles. The van der Waals surface area contributed by atoms with Gasteiger partial charge in [0.05, 0.1) is 6.54 Å². The number of hydrogen-bond acceptors (Lipinski definition) is 4. The zero-order valence-corrected chi connectivity index (χ0v) is 9.81. The molecular formula is C11H18N2O4. The van der Waals surface area contributed by atoms with E-state index in [4.69, 9.17) is 9.47 Å². The first-order valence-corrected chi connectivity index (χ1v) is 5.67. The molecule has 0 bridgehead atoms. The minimum Gasteiger partial charge on any atom is -0.448 e. The number of rotatable bonds is 7. The van der Waals surface area contributed by atoms with Crippen molar-refractivity contribution in [1.82, 2.24) is 10.2 Å². The molecule has 6 heteroatoms. The van der Waals surface area contributed by atoms with Crippen molar-refractivity contribution in [2.24, 2.45) is 0 Å². The summed E-state index contributed by atoms with van der Waals surface area (Å²) in [5, 5.41) is 2.61.